The lowest BCUT2D eigenvalue weighted by Crippen LogP contribution is -2.56. The van der Waals surface area contributed by atoms with Gasteiger partial charge in [-0.3, -0.25) is 9.69 Å². The van der Waals surface area contributed by atoms with Gasteiger partial charge in [0.15, 0.2) is 0 Å². The molecular weight excluding hydrogens is 358 g/mol. The van der Waals surface area contributed by atoms with Crippen molar-refractivity contribution in [2.24, 2.45) is 0 Å². The fourth-order valence-corrected chi connectivity index (χ4v) is 3.99. The van der Waals surface area contributed by atoms with Crippen molar-refractivity contribution in [3.8, 4) is 0 Å². The molecule has 1 saturated heterocycles. The van der Waals surface area contributed by atoms with Crippen LogP contribution in [0.3, 0.4) is 0 Å². The molecule has 2 fully saturated rings. The van der Waals surface area contributed by atoms with Crippen molar-refractivity contribution in [2.75, 3.05) is 25.0 Å². The summed E-state index contributed by atoms with van der Waals surface area (Å²) in [6.45, 7) is 0.973. The highest BCUT2D eigenvalue weighted by atomic mass is 35.5. The van der Waals surface area contributed by atoms with Gasteiger partial charge in [0, 0.05) is 25.7 Å². The van der Waals surface area contributed by atoms with Crippen LogP contribution in [-0.4, -0.2) is 53.6 Å². The van der Waals surface area contributed by atoms with Crippen LogP contribution < -0.4 is 10.2 Å². The van der Waals surface area contributed by atoms with E-state index in [0.717, 1.165) is 19.3 Å². The summed E-state index contributed by atoms with van der Waals surface area (Å²) in [5, 5.41) is 12.8. The molecule has 1 heterocycles. The van der Waals surface area contributed by atoms with Crippen molar-refractivity contribution in [2.45, 2.75) is 37.6 Å². The lowest BCUT2D eigenvalue weighted by atomic mass is 9.80. The number of aliphatic carboxylic acids is 1. The van der Waals surface area contributed by atoms with Gasteiger partial charge < -0.3 is 15.3 Å². The van der Waals surface area contributed by atoms with Crippen molar-refractivity contribution in [1.29, 1.82) is 0 Å². The molecule has 0 bridgehead atoms. The standard InChI is InChI=1S/C18H22ClN3O4/c1-21(18(16(24)25)7-3-2-4-8-18)15(23)12-5-6-13(19)14(11-12)22-10-9-20-17(22)26/h5-6,11H,2-4,7-10H2,1H3,(H,20,26)(H,24,25). The van der Waals surface area contributed by atoms with Crippen LogP contribution in [0.15, 0.2) is 18.2 Å². The van der Waals surface area contributed by atoms with Crippen LogP contribution in [0.4, 0.5) is 10.5 Å². The van der Waals surface area contributed by atoms with E-state index < -0.39 is 11.5 Å². The first-order valence-corrected chi connectivity index (χ1v) is 9.11. The van der Waals surface area contributed by atoms with Crippen LogP contribution in [0.25, 0.3) is 0 Å². The van der Waals surface area contributed by atoms with Gasteiger partial charge in [0.05, 0.1) is 10.7 Å². The molecule has 1 saturated carbocycles. The Bertz CT molecular complexity index is 746. The molecule has 3 amide bonds. The third kappa shape index (κ3) is 3.11. The molecule has 2 aliphatic rings. The van der Waals surface area contributed by atoms with Crippen molar-refractivity contribution in [1.82, 2.24) is 10.2 Å². The van der Waals surface area contributed by atoms with Crippen molar-refractivity contribution in [3.63, 3.8) is 0 Å². The molecule has 0 atom stereocenters. The average Bonchev–Trinajstić information content (AvgIpc) is 3.07. The van der Waals surface area contributed by atoms with Crippen LogP contribution in [0, 0.1) is 0 Å². The second-order valence-corrected chi connectivity index (χ2v) is 7.22. The second-order valence-electron chi connectivity index (χ2n) is 6.81. The smallest absolute Gasteiger partial charge is 0.329 e. The maximum Gasteiger partial charge on any atom is 0.329 e. The molecule has 0 unspecified atom stereocenters. The topological polar surface area (TPSA) is 90.0 Å². The maximum absolute atomic E-state index is 13.0. The number of rotatable bonds is 4. The van der Waals surface area contributed by atoms with Crippen LogP contribution in [0.1, 0.15) is 42.5 Å². The Balaban J connectivity index is 1.91. The van der Waals surface area contributed by atoms with Gasteiger partial charge in [-0.15, -0.1) is 0 Å². The first kappa shape index (κ1) is 18.5. The number of hydrogen-bond donors (Lipinski definition) is 2. The van der Waals surface area contributed by atoms with Gasteiger partial charge in [0.25, 0.3) is 5.91 Å². The quantitative estimate of drug-likeness (QED) is 0.841. The lowest BCUT2D eigenvalue weighted by Gasteiger charge is -2.41. The van der Waals surface area contributed by atoms with E-state index in [1.165, 1.54) is 9.80 Å². The fourth-order valence-electron chi connectivity index (χ4n) is 3.77. The molecule has 0 radical (unpaired) electrons. The Morgan fingerprint density at radius 1 is 1.27 bits per heavy atom. The van der Waals surface area contributed by atoms with E-state index in [-0.39, 0.29) is 11.9 Å². The van der Waals surface area contributed by atoms with Crippen LogP contribution in [0.2, 0.25) is 5.02 Å². The third-order valence-corrected chi connectivity index (χ3v) is 5.69. The normalized spacial score (nSPS) is 19.2. The Hall–Kier alpha value is -2.28. The van der Waals surface area contributed by atoms with Gasteiger partial charge in [-0.2, -0.15) is 0 Å². The Morgan fingerprint density at radius 3 is 2.54 bits per heavy atom. The van der Waals surface area contributed by atoms with E-state index in [1.54, 1.807) is 25.2 Å². The summed E-state index contributed by atoms with van der Waals surface area (Å²) in [5.41, 5.74) is -0.410. The molecule has 0 aromatic heterocycles. The summed E-state index contributed by atoms with van der Waals surface area (Å²) in [6.07, 6.45) is 3.43. The number of benzene rings is 1. The summed E-state index contributed by atoms with van der Waals surface area (Å²) in [6, 6.07) is 4.43. The van der Waals surface area contributed by atoms with Crippen molar-refractivity contribution < 1.29 is 19.5 Å². The van der Waals surface area contributed by atoms with Gasteiger partial charge in [-0.25, -0.2) is 9.59 Å². The molecule has 3 rings (SSSR count). The van der Waals surface area contributed by atoms with E-state index >= 15 is 0 Å². The number of nitrogens with one attached hydrogen (secondary N) is 1. The van der Waals surface area contributed by atoms with Crippen LogP contribution >= 0.6 is 11.6 Å². The monoisotopic (exact) mass is 379 g/mol. The molecule has 1 aromatic rings. The number of carboxylic acid groups (broad SMARTS) is 1. The summed E-state index contributed by atoms with van der Waals surface area (Å²) >= 11 is 6.21. The first-order valence-electron chi connectivity index (χ1n) is 8.73. The zero-order valence-corrected chi connectivity index (χ0v) is 15.4. The molecule has 1 aliphatic carbocycles. The van der Waals surface area contributed by atoms with E-state index in [2.05, 4.69) is 5.32 Å². The minimum atomic E-state index is -1.18. The van der Waals surface area contributed by atoms with Gasteiger partial charge >= 0.3 is 12.0 Å². The number of carbonyl (C=O) groups excluding carboxylic acids is 2. The first-order chi connectivity index (χ1) is 12.4. The molecule has 1 aliphatic heterocycles. The minimum Gasteiger partial charge on any atom is -0.479 e. The highest BCUT2D eigenvalue weighted by Crippen LogP contribution is 2.35. The van der Waals surface area contributed by atoms with Crippen molar-refractivity contribution in [3.05, 3.63) is 28.8 Å². The summed E-state index contributed by atoms with van der Waals surface area (Å²) in [7, 11) is 1.54. The molecule has 2 N–H and O–H groups in total. The predicted octanol–water partition coefficient (Wildman–Crippen LogP) is 2.73. The predicted molar refractivity (Wildman–Crippen MR) is 97.7 cm³/mol. The van der Waals surface area contributed by atoms with Gasteiger partial charge in [-0.1, -0.05) is 30.9 Å². The fraction of sp³-hybridized carbons (Fsp3) is 0.500. The Kier molecular flexibility index (Phi) is 5.09. The molecule has 26 heavy (non-hydrogen) atoms. The van der Waals surface area contributed by atoms with E-state index in [9.17, 15) is 19.5 Å². The summed E-state index contributed by atoms with van der Waals surface area (Å²) < 4.78 is 0. The zero-order chi connectivity index (χ0) is 18.9. The number of carboxylic acids is 1. The lowest BCUT2D eigenvalue weighted by molar-refractivity contribution is -0.151. The maximum atomic E-state index is 13.0. The SMILES string of the molecule is CN(C(=O)c1ccc(Cl)c(N2CCNC2=O)c1)C1(C(=O)O)CCCCC1. The highest BCUT2D eigenvalue weighted by Gasteiger charge is 2.45. The highest BCUT2D eigenvalue weighted by molar-refractivity contribution is 6.34. The molecule has 8 heteroatoms. The number of halogens is 1. The molecule has 140 valence electrons. The van der Waals surface area contributed by atoms with Gasteiger partial charge in [0.1, 0.15) is 5.54 Å². The largest absolute Gasteiger partial charge is 0.479 e. The molecule has 1 aromatic carbocycles. The van der Waals surface area contributed by atoms with Crippen LogP contribution in [-0.2, 0) is 4.79 Å². The molecule has 7 nitrogen and oxygen atoms in total. The number of amides is 3. The summed E-state index contributed by atoms with van der Waals surface area (Å²) in [5.74, 6) is -1.35. The number of nitrogens with zero attached hydrogens (tertiary/aromatic N) is 2. The van der Waals surface area contributed by atoms with Gasteiger partial charge in [-0.05, 0) is 31.0 Å². The van der Waals surface area contributed by atoms with Crippen molar-refractivity contribution >= 4 is 35.2 Å². The Labute approximate surface area is 156 Å². The minimum absolute atomic E-state index is 0.265. The van der Waals surface area contributed by atoms with Crippen LogP contribution in [0.5, 0.6) is 0 Å². The van der Waals surface area contributed by atoms with E-state index in [0.29, 0.717) is 42.2 Å². The van der Waals surface area contributed by atoms with E-state index in [4.69, 9.17) is 11.6 Å². The number of urea groups is 1. The average molecular weight is 380 g/mol. The van der Waals surface area contributed by atoms with Gasteiger partial charge in [0.2, 0.25) is 0 Å². The Morgan fingerprint density at radius 2 is 1.96 bits per heavy atom. The van der Waals surface area contributed by atoms with E-state index in [1.807, 2.05) is 0 Å². The number of carbonyl (C=O) groups is 3. The summed E-state index contributed by atoms with van der Waals surface area (Å²) in [4.78, 5) is 39.7. The third-order valence-electron chi connectivity index (χ3n) is 5.37. The molecule has 0 spiro atoms. The second kappa shape index (κ2) is 7.15. The zero-order valence-electron chi connectivity index (χ0n) is 14.6. The number of hydrogen-bond acceptors (Lipinski definition) is 3. The number of anilines is 1. The molecular formula is C18H22ClN3O4. The number of likely N-dealkylation sites (N-methyl/N-ethyl adjacent to an activating group) is 1.